The first kappa shape index (κ1) is 30.6. The van der Waals surface area contributed by atoms with Gasteiger partial charge in [0.05, 0.1) is 0 Å². The summed E-state index contributed by atoms with van der Waals surface area (Å²) in [7, 11) is 0. The van der Waals surface area contributed by atoms with Crippen LogP contribution in [0, 0.1) is 0 Å². The molecule has 0 aliphatic heterocycles. The van der Waals surface area contributed by atoms with Gasteiger partial charge in [-0.1, -0.05) is 176 Å². The van der Waals surface area contributed by atoms with Crippen LogP contribution in [0.5, 0.6) is 0 Å². The molecule has 0 spiro atoms. The van der Waals surface area contributed by atoms with Gasteiger partial charge in [0.1, 0.15) is 0 Å². The zero-order valence-corrected chi connectivity index (χ0v) is 30.7. The average Bonchev–Trinajstić information content (AvgIpc) is 3.63. The summed E-state index contributed by atoms with van der Waals surface area (Å²) in [6.45, 7) is 0. The van der Waals surface area contributed by atoms with Crippen LogP contribution in [0.3, 0.4) is 0 Å². The van der Waals surface area contributed by atoms with Crippen LogP contribution in [0.4, 0.5) is 0 Å². The van der Waals surface area contributed by atoms with Gasteiger partial charge in [-0.05, 0) is 111 Å². The molecule has 0 saturated carbocycles. The van der Waals surface area contributed by atoms with Gasteiger partial charge in [-0.3, -0.25) is 0 Å². The fourth-order valence-electron chi connectivity index (χ4n) is 9.33. The van der Waals surface area contributed by atoms with E-state index in [0.29, 0.717) is 0 Å². The zero-order chi connectivity index (χ0) is 36.0. The van der Waals surface area contributed by atoms with Crippen LogP contribution in [0.2, 0.25) is 0 Å². The minimum Gasteiger partial charge on any atom is -0.134 e. The highest BCUT2D eigenvalue weighted by Crippen LogP contribution is 2.47. The Kier molecular flexibility index (Phi) is 6.60. The van der Waals surface area contributed by atoms with E-state index in [1.54, 1.807) is 0 Å². The van der Waals surface area contributed by atoms with E-state index in [-0.39, 0.29) is 0 Å². The third-order valence-corrected chi connectivity index (χ3v) is 13.0. The molecule has 0 bridgehead atoms. The minimum absolute atomic E-state index is 1.22. The van der Waals surface area contributed by atoms with E-state index in [0.717, 1.165) is 0 Å². The number of benzene rings is 11. The summed E-state index contributed by atoms with van der Waals surface area (Å²) in [5, 5.41) is 18.2. The van der Waals surface area contributed by atoms with Gasteiger partial charge < -0.3 is 0 Å². The monoisotopic (exact) mass is 712 g/mol. The van der Waals surface area contributed by atoms with Gasteiger partial charge in [0.2, 0.25) is 0 Å². The van der Waals surface area contributed by atoms with Crippen molar-refractivity contribution in [3.8, 4) is 33.4 Å². The van der Waals surface area contributed by atoms with Gasteiger partial charge >= 0.3 is 0 Å². The van der Waals surface area contributed by atoms with E-state index >= 15 is 0 Å². The fraction of sp³-hybridized carbons (Fsp3) is 0. The Morgan fingerprint density at radius 2 is 0.800 bits per heavy atom. The summed E-state index contributed by atoms with van der Waals surface area (Å²) in [5.41, 5.74) is 7.55. The Balaban J connectivity index is 0.999. The Morgan fingerprint density at radius 3 is 1.51 bits per heavy atom. The van der Waals surface area contributed by atoms with Crippen LogP contribution in [-0.2, 0) is 0 Å². The molecular weight excluding hydrogens is 681 g/mol. The largest absolute Gasteiger partial charge is 0.134 e. The normalized spacial score (nSPS) is 12.0. The Bertz CT molecular complexity index is 3470. The van der Waals surface area contributed by atoms with Crippen LogP contribution in [0.15, 0.2) is 194 Å². The van der Waals surface area contributed by atoms with Gasteiger partial charge in [0.15, 0.2) is 0 Å². The van der Waals surface area contributed by atoms with Crippen molar-refractivity contribution < 1.29 is 0 Å². The lowest BCUT2D eigenvalue weighted by Gasteiger charge is -2.19. The molecule has 0 amide bonds. The van der Waals surface area contributed by atoms with Crippen molar-refractivity contribution >= 4 is 96.1 Å². The number of thiophene rings is 1. The van der Waals surface area contributed by atoms with Crippen LogP contribution >= 0.6 is 11.3 Å². The lowest BCUT2D eigenvalue weighted by molar-refractivity contribution is 1.63. The Morgan fingerprint density at radius 1 is 0.273 bits per heavy atom. The van der Waals surface area contributed by atoms with E-state index < -0.39 is 0 Å². The second kappa shape index (κ2) is 11.9. The van der Waals surface area contributed by atoms with E-state index in [9.17, 15) is 0 Å². The first-order chi connectivity index (χ1) is 27.3. The molecular formula is C54H32S. The predicted octanol–water partition coefficient (Wildman–Crippen LogP) is 16.0. The lowest BCUT2D eigenvalue weighted by atomic mass is 9.84. The minimum atomic E-state index is 1.22. The predicted molar refractivity (Wildman–Crippen MR) is 241 cm³/mol. The number of fused-ring (bicyclic) bond motifs is 12. The third kappa shape index (κ3) is 4.57. The maximum atomic E-state index is 2.41. The van der Waals surface area contributed by atoms with Crippen LogP contribution < -0.4 is 0 Å². The molecule has 254 valence electrons. The quantitative estimate of drug-likeness (QED) is 0.126. The topological polar surface area (TPSA) is 0 Å². The van der Waals surface area contributed by atoms with Gasteiger partial charge in [-0.2, -0.15) is 0 Å². The zero-order valence-electron chi connectivity index (χ0n) is 29.9. The number of rotatable bonds is 3. The molecule has 0 nitrogen and oxygen atoms in total. The van der Waals surface area contributed by atoms with E-state index in [1.807, 2.05) is 11.3 Å². The summed E-state index contributed by atoms with van der Waals surface area (Å²) < 4.78 is 2.71. The van der Waals surface area contributed by atoms with Crippen molar-refractivity contribution in [1.82, 2.24) is 0 Å². The molecule has 0 saturated heterocycles. The summed E-state index contributed by atoms with van der Waals surface area (Å²) in [4.78, 5) is 0. The van der Waals surface area contributed by atoms with Gasteiger partial charge in [-0.15, -0.1) is 11.3 Å². The number of hydrogen-bond acceptors (Lipinski definition) is 1. The molecule has 1 heteroatoms. The molecule has 0 unspecified atom stereocenters. The van der Waals surface area contributed by atoms with Gasteiger partial charge in [0.25, 0.3) is 0 Å². The van der Waals surface area contributed by atoms with E-state index in [4.69, 9.17) is 0 Å². The van der Waals surface area contributed by atoms with E-state index in [2.05, 4.69) is 194 Å². The first-order valence-corrected chi connectivity index (χ1v) is 19.8. The molecule has 0 aliphatic carbocycles. The van der Waals surface area contributed by atoms with E-state index in [1.165, 1.54) is 118 Å². The van der Waals surface area contributed by atoms with Crippen LogP contribution in [-0.4, -0.2) is 0 Å². The molecule has 12 aromatic rings. The molecule has 12 rings (SSSR count). The lowest BCUT2D eigenvalue weighted by Crippen LogP contribution is -1.91. The maximum Gasteiger partial charge on any atom is 0.0440 e. The first-order valence-electron chi connectivity index (χ1n) is 19.0. The summed E-state index contributed by atoms with van der Waals surface area (Å²) >= 11 is 1.92. The van der Waals surface area contributed by atoms with Crippen molar-refractivity contribution in [1.29, 1.82) is 0 Å². The van der Waals surface area contributed by atoms with Crippen molar-refractivity contribution in [3.63, 3.8) is 0 Å². The Hall–Kier alpha value is -6.80. The SMILES string of the molecule is c1ccc2c(-c3c4ccccc4c(-c4ccc(-c5ccc6cc7c(cc6c5)sc5c6ccccc6c6ccccc6c75)cc4)c4ccccc34)cccc2c1. The molecule has 0 radical (unpaired) electrons. The van der Waals surface area contributed by atoms with Crippen LogP contribution in [0.1, 0.15) is 0 Å². The molecule has 1 heterocycles. The maximum absolute atomic E-state index is 2.41. The highest BCUT2D eigenvalue weighted by atomic mass is 32.1. The van der Waals surface area contributed by atoms with Crippen LogP contribution in [0.25, 0.3) is 118 Å². The standard InChI is InChI=1S/C54H32S/c1-2-14-39-34(12-1)13-11-23-42(39)52-46-20-8-6-18-44(46)51(45-19-7-9-21-47(45)52)35-26-24-33(25-27-35)36-28-29-37-31-49-50(32-38(37)30-36)55-54-48-22-10-4-16-41(48)40-15-3-5-17-43(40)53(49)54/h1-32H. The molecule has 1 aromatic heterocycles. The smallest absolute Gasteiger partial charge is 0.0440 e. The highest BCUT2D eigenvalue weighted by molar-refractivity contribution is 7.27. The summed E-state index contributed by atoms with van der Waals surface area (Å²) in [6, 6.07) is 72.1. The van der Waals surface area contributed by atoms with Crippen molar-refractivity contribution in [3.05, 3.63) is 194 Å². The highest BCUT2D eigenvalue weighted by Gasteiger charge is 2.19. The second-order valence-electron chi connectivity index (χ2n) is 14.8. The molecule has 0 N–H and O–H groups in total. The van der Waals surface area contributed by atoms with Crippen molar-refractivity contribution in [2.45, 2.75) is 0 Å². The molecule has 11 aromatic carbocycles. The third-order valence-electron chi connectivity index (χ3n) is 11.8. The molecule has 55 heavy (non-hydrogen) atoms. The van der Waals surface area contributed by atoms with Crippen molar-refractivity contribution in [2.75, 3.05) is 0 Å². The molecule has 0 atom stereocenters. The Labute approximate surface area is 322 Å². The second-order valence-corrected chi connectivity index (χ2v) is 15.8. The van der Waals surface area contributed by atoms with Gasteiger partial charge in [0, 0.05) is 25.6 Å². The van der Waals surface area contributed by atoms with Crippen molar-refractivity contribution in [2.24, 2.45) is 0 Å². The average molecular weight is 713 g/mol. The molecule has 0 aliphatic rings. The van der Waals surface area contributed by atoms with Gasteiger partial charge in [-0.25, -0.2) is 0 Å². The number of hydrogen-bond donors (Lipinski definition) is 0. The fourth-order valence-corrected chi connectivity index (χ4v) is 10.6. The summed E-state index contributed by atoms with van der Waals surface area (Å²) in [6.07, 6.45) is 0. The molecule has 0 fully saturated rings. The summed E-state index contributed by atoms with van der Waals surface area (Å²) in [5.74, 6) is 0.